The van der Waals surface area contributed by atoms with Gasteiger partial charge in [-0.1, -0.05) is 12.1 Å². The second kappa shape index (κ2) is 7.67. The lowest BCUT2D eigenvalue weighted by atomic mass is 10.0. The molecule has 0 aliphatic heterocycles. The SMILES string of the molecule is CCOC(=O)CC(O)C(O)c1ccc(SC(F)(F)F)cc1. The predicted molar refractivity (Wildman–Crippen MR) is 70.6 cm³/mol. The number of carbonyl (C=O) groups excluding carboxylic acids is 1. The lowest BCUT2D eigenvalue weighted by Crippen LogP contribution is -2.23. The van der Waals surface area contributed by atoms with Gasteiger partial charge in [0.1, 0.15) is 6.10 Å². The lowest BCUT2D eigenvalue weighted by Gasteiger charge is -2.17. The number of carbonyl (C=O) groups is 1. The average molecular weight is 324 g/mol. The third kappa shape index (κ3) is 6.36. The zero-order chi connectivity index (χ0) is 16.0. The van der Waals surface area contributed by atoms with E-state index in [-0.39, 0.29) is 28.8 Å². The summed E-state index contributed by atoms with van der Waals surface area (Å²) in [7, 11) is 0. The van der Waals surface area contributed by atoms with Gasteiger partial charge in [-0.2, -0.15) is 13.2 Å². The van der Waals surface area contributed by atoms with Gasteiger partial charge in [-0.15, -0.1) is 0 Å². The van der Waals surface area contributed by atoms with Gasteiger partial charge in [-0.3, -0.25) is 4.79 Å². The second-order valence-corrected chi connectivity index (χ2v) is 5.28. The van der Waals surface area contributed by atoms with Crippen LogP contribution in [0.15, 0.2) is 29.2 Å². The molecule has 0 fully saturated rings. The quantitative estimate of drug-likeness (QED) is 0.622. The molecule has 1 rings (SSSR count). The van der Waals surface area contributed by atoms with Crippen molar-refractivity contribution < 1.29 is 32.9 Å². The molecule has 2 N–H and O–H groups in total. The van der Waals surface area contributed by atoms with Gasteiger partial charge in [0, 0.05) is 4.90 Å². The number of hydrogen-bond acceptors (Lipinski definition) is 5. The van der Waals surface area contributed by atoms with Crippen molar-refractivity contribution in [1.82, 2.24) is 0 Å². The molecule has 0 bridgehead atoms. The molecule has 4 nitrogen and oxygen atoms in total. The van der Waals surface area contributed by atoms with Crippen molar-refractivity contribution in [3.8, 4) is 0 Å². The fourth-order valence-corrected chi connectivity index (χ4v) is 2.13. The van der Waals surface area contributed by atoms with E-state index in [0.717, 1.165) is 0 Å². The molecule has 0 aromatic heterocycles. The van der Waals surface area contributed by atoms with Gasteiger partial charge >= 0.3 is 11.5 Å². The molecule has 2 atom stereocenters. The molecule has 0 heterocycles. The maximum atomic E-state index is 12.2. The van der Waals surface area contributed by atoms with Gasteiger partial charge in [-0.25, -0.2) is 0 Å². The lowest BCUT2D eigenvalue weighted by molar-refractivity contribution is -0.147. The van der Waals surface area contributed by atoms with Crippen molar-refractivity contribution >= 4 is 17.7 Å². The first-order valence-electron chi connectivity index (χ1n) is 6.10. The van der Waals surface area contributed by atoms with Crippen molar-refractivity contribution in [2.75, 3.05) is 6.61 Å². The molecule has 2 unspecified atom stereocenters. The molecule has 1 aromatic rings. The van der Waals surface area contributed by atoms with Crippen LogP contribution in [0.4, 0.5) is 13.2 Å². The van der Waals surface area contributed by atoms with Crippen LogP contribution in [-0.4, -0.2) is 34.4 Å². The molecule has 0 amide bonds. The number of alkyl halides is 3. The molecular formula is C13H15F3O4S. The summed E-state index contributed by atoms with van der Waals surface area (Å²) in [5, 5.41) is 19.5. The largest absolute Gasteiger partial charge is 0.466 e. The average Bonchev–Trinajstić information content (AvgIpc) is 2.37. The van der Waals surface area contributed by atoms with E-state index in [1.54, 1.807) is 6.92 Å². The molecule has 118 valence electrons. The number of aliphatic hydroxyl groups is 2. The molecule has 0 saturated heterocycles. The van der Waals surface area contributed by atoms with Crippen molar-refractivity contribution in [2.45, 2.75) is 36.0 Å². The smallest absolute Gasteiger partial charge is 0.446 e. The van der Waals surface area contributed by atoms with Gasteiger partial charge in [-0.05, 0) is 36.4 Å². The first-order valence-corrected chi connectivity index (χ1v) is 6.92. The first-order chi connectivity index (χ1) is 9.73. The summed E-state index contributed by atoms with van der Waals surface area (Å²) in [6.07, 6.45) is -3.15. The number of thioether (sulfide) groups is 1. The molecule has 0 saturated carbocycles. The summed E-state index contributed by atoms with van der Waals surface area (Å²) in [6.45, 7) is 1.77. The Balaban J connectivity index is 2.66. The van der Waals surface area contributed by atoms with Crippen LogP contribution in [0.5, 0.6) is 0 Å². The van der Waals surface area contributed by atoms with Gasteiger partial charge in [0.25, 0.3) is 0 Å². The van der Waals surface area contributed by atoms with Crippen LogP contribution < -0.4 is 0 Å². The maximum absolute atomic E-state index is 12.2. The van der Waals surface area contributed by atoms with Crippen molar-refractivity contribution in [3.05, 3.63) is 29.8 Å². The highest BCUT2D eigenvalue weighted by Crippen LogP contribution is 2.37. The molecule has 0 aliphatic rings. The Morgan fingerprint density at radius 1 is 1.29 bits per heavy atom. The van der Waals surface area contributed by atoms with Gasteiger partial charge in [0.05, 0.1) is 19.1 Å². The van der Waals surface area contributed by atoms with Crippen molar-refractivity contribution in [3.63, 3.8) is 0 Å². The van der Waals surface area contributed by atoms with E-state index in [1.165, 1.54) is 24.3 Å². The summed E-state index contributed by atoms with van der Waals surface area (Å²) in [6, 6.07) is 4.92. The minimum absolute atomic E-state index is 0.0293. The van der Waals surface area contributed by atoms with Crippen LogP contribution >= 0.6 is 11.8 Å². The second-order valence-electron chi connectivity index (χ2n) is 4.14. The standard InChI is InChI=1S/C13H15F3O4S/c1-2-20-11(18)7-10(17)12(19)8-3-5-9(6-4-8)21-13(14,15)16/h3-6,10,12,17,19H,2,7H2,1H3. The number of aliphatic hydroxyl groups excluding tert-OH is 2. The fourth-order valence-electron chi connectivity index (χ4n) is 1.59. The van der Waals surface area contributed by atoms with Crippen LogP contribution in [-0.2, 0) is 9.53 Å². The monoisotopic (exact) mass is 324 g/mol. The Morgan fingerprint density at radius 3 is 2.33 bits per heavy atom. The topological polar surface area (TPSA) is 66.8 Å². The highest BCUT2D eigenvalue weighted by Gasteiger charge is 2.29. The Bertz CT molecular complexity index is 461. The zero-order valence-corrected chi connectivity index (χ0v) is 11.9. The van der Waals surface area contributed by atoms with Crippen molar-refractivity contribution in [2.24, 2.45) is 0 Å². The summed E-state index contributed by atoms with van der Waals surface area (Å²) < 4.78 is 41.1. The van der Waals surface area contributed by atoms with Gasteiger partial charge in [0.2, 0.25) is 0 Å². The molecule has 1 aromatic carbocycles. The maximum Gasteiger partial charge on any atom is 0.446 e. The van der Waals surface area contributed by atoms with E-state index in [2.05, 4.69) is 4.74 Å². The Morgan fingerprint density at radius 2 is 1.86 bits per heavy atom. The third-order valence-corrected chi connectivity index (χ3v) is 3.24. The van der Waals surface area contributed by atoms with E-state index in [4.69, 9.17) is 0 Å². The molecule has 0 aliphatic carbocycles. The molecule has 21 heavy (non-hydrogen) atoms. The summed E-state index contributed by atoms with van der Waals surface area (Å²) >= 11 is -0.271. The number of rotatable bonds is 6. The summed E-state index contributed by atoms with van der Waals surface area (Å²) in [5.41, 5.74) is -4.16. The fraction of sp³-hybridized carbons (Fsp3) is 0.462. The van der Waals surface area contributed by atoms with E-state index in [9.17, 15) is 28.2 Å². The van der Waals surface area contributed by atoms with Crippen LogP contribution in [0.25, 0.3) is 0 Å². The van der Waals surface area contributed by atoms with Crippen LogP contribution in [0.1, 0.15) is 25.0 Å². The highest BCUT2D eigenvalue weighted by atomic mass is 32.2. The summed E-state index contributed by atoms with van der Waals surface area (Å²) in [5.74, 6) is -0.659. The normalized spacial score (nSPS) is 14.6. The number of ether oxygens (including phenoxy) is 1. The van der Waals surface area contributed by atoms with Gasteiger partial charge < -0.3 is 14.9 Å². The van der Waals surface area contributed by atoms with Crippen LogP contribution in [0.3, 0.4) is 0 Å². The van der Waals surface area contributed by atoms with E-state index in [1.807, 2.05) is 0 Å². The minimum atomic E-state index is -4.39. The third-order valence-electron chi connectivity index (χ3n) is 2.50. The molecule has 0 radical (unpaired) electrons. The Kier molecular flexibility index (Phi) is 6.50. The zero-order valence-electron chi connectivity index (χ0n) is 11.1. The van der Waals surface area contributed by atoms with E-state index in [0.29, 0.717) is 0 Å². The number of hydrogen-bond donors (Lipinski definition) is 2. The molecular weight excluding hydrogens is 309 g/mol. The van der Waals surface area contributed by atoms with E-state index >= 15 is 0 Å². The number of esters is 1. The Labute approximate surface area is 123 Å². The minimum Gasteiger partial charge on any atom is -0.466 e. The molecule has 0 spiro atoms. The van der Waals surface area contributed by atoms with Crippen LogP contribution in [0, 0.1) is 0 Å². The summed E-state index contributed by atoms with van der Waals surface area (Å²) in [4.78, 5) is 11.1. The van der Waals surface area contributed by atoms with E-state index < -0.39 is 30.1 Å². The highest BCUT2D eigenvalue weighted by molar-refractivity contribution is 8.00. The van der Waals surface area contributed by atoms with Gasteiger partial charge in [0.15, 0.2) is 0 Å². The number of halogens is 3. The predicted octanol–water partition coefficient (Wildman–Crippen LogP) is 2.65. The number of benzene rings is 1. The molecule has 8 heteroatoms. The van der Waals surface area contributed by atoms with Crippen molar-refractivity contribution in [1.29, 1.82) is 0 Å². The first kappa shape index (κ1) is 17.8. The van der Waals surface area contributed by atoms with Crippen LogP contribution in [0.2, 0.25) is 0 Å². The Hall–Kier alpha value is -1.25.